The fourth-order valence-electron chi connectivity index (χ4n) is 4.66. The first-order chi connectivity index (χ1) is 16.3. The van der Waals surface area contributed by atoms with Gasteiger partial charge in [0.2, 0.25) is 0 Å². The van der Waals surface area contributed by atoms with E-state index in [1.807, 2.05) is 0 Å². The molecule has 0 aliphatic carbocycles. The molecule has 3 rings (SSSR count). The van der Waals surface area contributed by atoms with Crippen LogP contribution >= 0.6 is 7.26 Å². The molecule has 0 unspecified atom stereocenters. The van der Waals surface area contributed by atoms with Crippen molar-refractivity contribution in [1.29, 1.82) is 0 Å². The zero-order chi connectivity index (χ0) is 23.2. The number of rotatable bonds is 14. The predicted molar refractivity (Wildman–Crippen MR) is 144 cm³/mol. The molecule has 0 spiro atoms. The van der Waals surface area contributed by atoms with Crippen LogP contribution in [0, 0.1) is 0 Å². The molecule has 0 radical (unpaired) electrons. The molecule has 3 aromatic carbocycles. The van der Waals surface area contributed by atoms with E-state index in [1.54, 1.807) is 0 Å². The Labute approximate surface area is 200 Å². The number of benzene rings is 3. The maximum absolute atomic E-state index is 11.2. The molecule has 0 N–H and O–H groups in total. The van der Waals surface area contributed by atoms with Gasteiger partial charge in [-0.2, -0.15) is 0 Å². The highest BCUT2D eigenvalue weighted by molar-refractivity contribution is 7.95. The Kier molecular flexibility index (Phi) is 10.7. The van der Waals surface area contributed by atoms with Gasteiger partial charge in [0.25, 0.3) is 0 Å². The van der Waals surface area contributed by atoms with E-state index in [9.17, 15) is 4.79 Å². The van der Waals surface area contributed by atoms with Crippen LogP contribution in [-0.4, -0.2) is 19.2 Å². The van der Waals surface area contributed by atoms with Crippen LogP contribution in [0.25, 0.3) is 0 Å². The van der Waals surface area contributed by atoms with E-state index in [-0.39, 0.29) is 5.97 Å². The number of esters is 1. The number of unbranched alkanes of at least 4 members (excludes halogenated alkanes) is 7. The van der Waals surface area contributed by atoms with Crippen LogP contribution in [0.15, 0.2) is 91.0 Å². The van der Waals surface area contributed by atoms with Crippen LogP contribution in [0.2, 0.25) is 0 Å². The lowest BCUT2D eigenvalue weighted by molar-refractivity contribution is -0.140. The third kappa shape index (κ3) is 7.27. The van der Waals surface area contributed by atoms with E-state index in [0.29, 0.717) is 6.42 Å². The van der Waals surface area contributed by atoms with Gasteiger partial charge < -0.3 is 4.74 Å². The quantitative estimate of drug-likeness (QED) is 0.152. The Balaban J connectivity index is 1.61. The van der Waals surface area contributed by atoms with Gasteiger partial charge in [-0.1, -0.05) is 86.7 Å². The maximum Gasteiger partial charge on any atom is 0.305 e. The van der Waals surface area contributed by atoms with Gasteiger partial charge in [-0.3, -0.25) is 4.79 Å². The summed E-state index contributed by atoms with van der Waals surface area (Å²) in [7, 11) is -0.215. The summed E-state index contributed by atoms with van der Waals surface area (Å²) in [6.45, 7) is 0. The summed E-state index contributed by atoms with van der Waals surface area (Å²) < 4.78 is 4.71. The van der Waals surface area contributed by atoms with Gasteiger partial charge in [0.1, 0.15) is 23.2 Å². The van der Waals surface area contributed by atoms with Gasteiger partial charge in [0.05, 0.1) is 13.3 Å². The highest BCUT2D eigenvalue weighted by Crippen LogP contribution is 2.55. The van der Waals surface area contributed by atoms with Crippen molar-refractivity contribution in [2.24, 2.45) is 0 Å². The smallest absolute Gasteiger partial charge is 0.305 e. The molecule has 0 aliphatic heterocycles. The fraction of sp³-hybridized carbons (Fsp3) is 0.367. The largest absolute Gasteiger partial charge is 0.469 e. The SMILES string of the molecule is COC(=O)CCCCCCCCCC[P+](c1ccccc1)(c1ccccc1)c1ccccc1. The van der Waals surface area contributed by atoms with Gasteiger partial charge >= 0.3 is 5.97 Å². The summed E-state index contributed by atoms with van der Waals surface area (Å²) in [5.74, 6) is -0.0861. The van der Waals surface area contributed by atoms with Crippen molar-refractivity contribution in [2.75, 3.05) is 13.3 Å². The van der Waals surface area contributed by atoms with Crippen molar-refractivity contribution in [3.05, 3.63) is 91.0 Å². The second kappa shape index (κ2) is 14.0. The molecule has 0 saturated heterocycles. The van der Waals surface area contributed by atoms with Crippen LogP contribution in [0.3, 0.4) is 0 Å². The molecule has 0 heterocycles. The van der Waals surface area contributed by atoms with Crippen LogP contribution in [0.5, 0.6) is 0 Å². The number of carbonyl (C=O) groups is 1. The zero-order valence-electron chi connectivity index (χ0n) is 20.0. The highest BCUT2D eigenvalue weighted by atomic mass is 31.2. The molecule has 0 amide bonds. The molecule has 33 heavy (non-hydrogen) atoms. The Hall–Kier alpha value is -2.44. The molecule has 174 valence electrons. The lowest BCUT2D eigenvalue weighted by atomic mass is 10.1. The van der Waals surface area contributed by atoms with Crippen molar-refractivity contribution in [1.82, 2.24) is 0 Å². The topological polar surface area (TPSA) is 26.3 Å². The minimum Gasteiger partial charge on any atom is -0.469 e. The van der Waals surface area contributed by atoms with E-state index >= 15 is 0 Å². The minimum absolute atomic E-state index is 0.0861. The summed E-state index contributed by atoms with van der Waals surface area (Å²) in [5.41, 5.74) is 0. The first-order valence-corrected chi connectivity index (χ1v) is 14.4. The van der Waals surface area contributed by atoms with Crippen molar-refractivity contribution >= 4 is 29.1 Å². The summed E-state index contributed by atoms with van der Waals surface area (Å²) >= 11 is 0. The van der Waals surface area contributed by atoms with Gasteiger partial charge in [0, 0.05) is 6.42 Å². The molecule has 3 heteroatoms. The second-order valence-electron chi connectivity index (χ2n) is 8.69. The van der Waals surface area contributed by atoms with Crippen LogP contribution < -0.4 is 15.9 Å². The monoisotopic (exact) mass is 461 g/mol. The molecule has 0 aliphatic rings. The highest BCUT2D eigenvalue weighted by Gasteiger charge is 2.44. The predicted octanol–water partition coefficient (Wildman–Crippen LogP) is 6.66. The zero-order valence-corrected chi connectivity index (χ0v) is 20.9. The van der Waals surface area contributed by atoms with E-state index < -0.39 is 7.26 Å². The first-order valence-electron chi connectivity index (χ1n) is 12.4. The number of methoxy groups -OCH3 is 1. The Morgan fingerprint density at radius 1 is 0.576 bits per heavy atom. The Morgan fingerprint density at radius 2 is 0.939 bits per heavy atom. The Bertz CT molecular complexity index is 829. The van der Waals surface area contributed by atoms with Crippen LogP contribution in [-0.2, 0) is 9.53 Å². The number of hydrogen-bond donors (Lipinski definition) is 0. The molecule has 3 aromatic rings. The maximum atomic E-state index is 11.2. The summed E-state index contributed by atoms with van der Waals surface area (Å²) in [4.78, 5) is 11.2. The first kappa shape index (κ1) is 25.2. The average molecular weight is 462 g/mol. The minimum atomic E-state index is -1.68. The van der Waals surface area contributed by atoms with Gasteiger partial charge in [-0.25, -0.2) is 0 Å². The molecule has 0 aromatic heterocycles. The molecular weight excluding hydrogens is 423 g/mol. The Morgan fingerprint density at radius 3 is 1.33 bits per heavy atom. The van der Waals surface area contributed by atoms with Crippen molar-refractivity contribution in [3.63, 3.8) is 0 Å². The summed E-state index contributed by atoms with van der Waals surface area (Å²) in [6, 6.07) is 33.5. The van der Waals surface area contributed by atoms with Crippen molar-refractivity contribution in [2.45, 2.75) is 57.8 Å². The van der Waals surface area contributed by atoms with Crippen molar-refractivity contribution in [3.8, 4) is 0 Å². The van der Waals surface area contributed by atoms with Crippen LogP contribution in [0.4, 0.5) is 0 Å². The second-order valence-corrected chi connectivity index (χ2v) is 12.3. The number of carbonyl (C=O) groups excluding carboxylic acids is 1. The summed E-state index contributed by atoms with van der Waals surface area (Å²) in [5, 5.41) is 4.44. The lowest BCUT2D eigenvalue weighted by Crippen LogP contribution is -2.33. The standard InChI is InChI=1S/C30H38O2P/c1-32-30(31)25-17-6-4-2-3-5-7-18-26-33(27-19-11-8-12-20-27,28-21-13-9-14-22-28)29-23-15-10-16-24-29/h8-16,19-24H,2-7,17-18,25-26H2,1H3/q+1. The molecular formula is C30H38O2P+. The molecule has 0 fully saturated rings. The van der Waals surface area contributed by atoms with Crippen molar-refractivity contribution < 1.29 is 9.53 Å². The van der Waals surface area contributed by atoms with E-state index in [4.69, 9.17) is 4.74 Å². The van der Waals surface area contributed by atoms with Gasteiger partial charge in [-0.05, 0) is 55.7 Å². The van der Waals surface area contributed by atoms with E-state index in [0.717, 1.165) is 12.8 Å². The molecule has 2 nitrogen and oxygen atoms in total. The fourth-order valence-corrected chi connectivity index (χ4v) is 9.07. The third-order valence-corrected chi connectivity index (χ3v) is 11.0. The summed E-state index contributed by atoms with van der Waals surface area (Å²) in [6.07, 6.45) is 11.4. The molecule has 0 saturated carbocycles. The van der Waals surface area contributed by atoms with E-state index in [1.165, 1.54) is 67.7 Å². The lowest BCUT2D eigenvalue weighted by Gasteiger charge is -2.27. The van der Waals surface area contributed by atoms with E-state index in [2.05, 4.69) is 91.0 Å². The average Bonchev–Trinajstić information content (AvgIpc) is 2.89. The normalized spacial score (nSPS) is 11.3. The molecule has 0 atom stereocenters. The van der Waals surface area contributed by atoms with Crippen LogP contribution in [0.1, 0.15) is 57.8 Å². The molecule has 0 bridgehead atoms. The van der Waals surface area contributed by atoms with Gasteiger partial charge in [-0.15, -0.1) is 0 Å². The number of hydrogen-bond acceptors (Lipinski definition) is 2. The number of ether oxygens (including phenoxy) is 1. The third-order valence-electron chi connectivity index (χ3n) is 6.44. The van der Waals surface area contributed by atoms with Gasteiger partial charge in [0.15, 0.2) is 0 Å².